The Kier molecular flexibility index (Phi) is 9.72. The SMILES string of the molecule is CCCCN(CC)c1ccc2c(c1)c(CC(C)(C)CCC=O)c(-c1cccnc1C(C)OC)n2CC. The number of pyridine rings is 1. The lowest BCUT2D eigenvalue weighted by atomic mass is 9.80. The zero-order valence-corrected chi connectivity index (χ0v) is 23.4. The van der Waals surface area contributed by atoms with Crippen molar-refractivity contribution in [3.05, 3.63) is 47.8 Å². The molecule has 0 aliphatic carbocycles. The van der Waals surface area contributed by atoms with Crippen molar-refractivity contribution in [2.24, 2.45) is 5.41 Å². The molecule has 5 heteroatoms. The van der Waals surface area contributed by atoms with Crippen LogP contribution < -0.4 is 4.90 Å². The number of aldehydes is 1. The molecule has 0 N–H and O–H groups in total. The summed E-state index contributed by atoms with van der Waals surface area (Å²) in [6.45, 7) is 16.2. The number of benzene rings is 1. The van der Waals surface area contributed by atoms with Gasteiger partial charge < -0.3 is 19.0 Å². The maximum Gasteiger partial charge on any atom is 0.120 e. The molecule has 0 fully saturated rings. The molecule has 0 amide bonds. The van der Waals surface area contributed by atoms with Gasteiger partial charge in [0.25, 0.3) is 0 Å². The van der Waals surface area contributed by atoms with E-state index in [1.165, 1.54) is 40.7 Å². The summed E-state index contributed by atoms with van der Waals surface area (Å²) >= 11 is 0. The number of nitrogens with zero attached hydrogens (tertiary/aromatic N) is 3. The number of hydrogen-bond acceptors (Lipinski definition) is 4. The highest BCUT2D eigenvalue weighted by Crippen LogP contribution is 2.42. The van der Waals surface area contributed by atoms with E-state index >= 15 is 0 Å². The zero-order valence-electron chi connectivity index (χ0n) is 23.4. The maximum absolute atomic E-state index is 11.2. The Hall–Kier alpha value is -2.66. The summed E-state index contributed by atoms with van der Waals surface area (Å²) in [7, 11) is 1.74. The number of aryl methyl sites for hydroxylation is 1. The lowest BCUT2D eigenvalue weighted by Crippen LogP contribution is -2.23. The summed E-state index contributed by atoms with van der Waals surface area (Å²) < 4.78 is 8.17. The van der Waals surface area contributed by atoms with E-state index in [0.29, 0.717) is 6.42 Å². The Morgan fingerprint density at radius 1 is 1.19 bits per heavy atom. The Labute approximate surface area is 217 Å². The van der Waals surface area contributed by atoms with Crippen LogP contribution >= 0.6 is 0 Å². The minimum Gasteiger partial charge on any atom is -0.375 e. The quantitative estimate of drug-likeness (QED) is 0.218. The first-order valence-corrected chi connectivity index (χ1v) is 13.6. The average molecular weight is 492 g/mol. The molecule has 1 aromatic carbocycles. The van der Waals surface area contributed by atoms with Crippen molar-refractivity contribution in [1.82, 2.24) is 9.55 Å². The molecule has 0 spiro atoms. The second-order valence-corrected chi connectivity index (χ2v) is 10.6. The van der Waals surface area contributed by atoms with Crippen LogP contribution in [0.2, 0.25) is 0 Å². The fourth-order valence-corrected chi connectivity index (χ4v) is 5.31. The molecule has 1 atom stereocenters. The zero-order chi connectivity index (χ0) is 26.3. The molecule has 0 radical (unpaired) electrons. The number of unbranched alkanes of at least 4 members (excludes halogenated alkanes) is 1. The smallest absolute Gasteiger partial charge is 0.120 e. The summed E-state index contributed by atoms with van der Waals surface area (Å²) in [6.07, 6.45) is 7.49. The minimum absolute atomic E-state index is 0.0135. The number of anilines is 1. The van der Waals surface area contributed by atoms with Gasteiger partial charge in [0.1, 0.15) is 6.29 Å². The van der Waals surface area contributed by atoms with Crippen LogP contribution in [-0.4, -0.2) is 36.0 Å². The third-order valence-electron chi connectivity index (χ3n) is 7.42. The van der Waals surface area contributed by atoms with Crippen molar-refractivity contribution in [2.45, 2.75) is 86.3 Å². The van der Waals surface area contributed by atoms with E-state index < -0.39 is 0 Å². The van der Waals surface area contributed by atoms with Crippen molar-refractivity contribution in [3.63, 3.8) is 0 Å². The predicted molar refractivity (Wildman–Crippen MR) is 152 cm³/mol. The van der Waals surface area contributed by atoms with Crippen LogP contribution in [0, 0.1) is 5.41 Å². The van der Waals surface area contributed by atoms with E-state index in [2.05, 4.69) is 75.3 Å². The number of carbonyl (C=O) groups is 1. The maximum atomic E-state index is 11.2. The van der Waals surface area contributed by atoms with E-state index in [9.17, 15) is 4.79 Å². The van der Waals surface area contributed by atoms with Crippen LogP contribution in [0.3, 0.4) is 0 Å². The number of aromatic nitrogens is 2. The highest BCUT2D eigenvalue weighted by molar-refractivity contribution is 5.94. The van der Waals surface area contributed by atoms with Crippen LogP contribution in [-0.2, 0) is 22.5 Å². The molecule has 1 unspecified atom stereocenters. The van der Waals surface area contributed by atoms with Gasteiger partial charge in [-0.2, -0.15) is 0 Å². The number of ether oxygens (including phenoxy) is 1. The first-order valence-electron chi connectivity index (χ1n) is 13.6. The van der Waals surface area contributed by atoms with E-state index in [-0.39, 0.29) is 11.5 Å². The van der Waals surface area contributed by atoms with Crippen LogP contribution in [0.5, 0.6) is 0 Å². The van der Waals surface area contributed by atoms with Crippen LogP contribution in [0.15, 0.2) is 36.5 Å². The van der Waals surface area contributed by atoms with E-state index in [1.54, 1.807) is 7.11 Å². The summed E-state index contributed by atoms with van der Waals surface area (Å²) in [5.74, 6) is 0. The first kappa shape index (κ1) is 27.9. The van der Waals surface area contributed by atoms with Crippen molar-refractivity contribution in [1.29, 1.82) is 0 Å². The molecule has 3 aromatic rings. The van der Waals surface area contributed by atoms with Crippen LogP contribution in [0.4, 0.5) is 5.69 Å². The fourth-order valence-electron chi connectivity index (χ4n) is 5.31. The molecular weight excluding hydrogens is 446 g/mol. The Morgan fingerprint density at radius 3 is 2.61 bits per heavy atom. The third kappa shape index (κ3) is 6.00. The van der Waals surface area contributed by atoms with Gasteiger partial charge in [0.15, 0.2) is 0 Å². The first-order chi connectivity index (χ1) is 17.3. The minimum atomic E-state index is -0.111. The van der Waals surface area contributed by atoms with Gasteiger partial charge in [-0.05, 0) is 81.3 Å². The molecular formula is C31H45N3O2. The number of fused-ring (bicyclic) bond motifs is 1. The van der Waals surface area contributed by atoms with E-state index in [4.69, 9.17) is 9.72 Å². The summed E-state index contributed by atoms with van der Waals surface area (Å²) in [6, 6.07) is 11.2. The molecule has 0 saturated heterocycles. The lowest BCUT2D eigenvalue weighted by molar-refractivity contribution is -0.108. The summed E-state index contributed by atoms with van der Waals surface area (Å²) in [5, 5.41) is 1.30. The van der Waals surface area contributed by atoms with E-state index in [1.807, 2.05) is 12.3 Å². The lowest BCUT2D eigenvalue weighted by Gasteiger charge is -2.26. The van der Waals surface area contributed by atoms with Crippen molar-refractivity contribution >= 4 is 22.9 Å². The second kappa shape index (κ2) is 12.5. The van der Waals surface area contributed by atoms with Gasteiger partial charge in [0.2, 0.25) is 0 Å². The standard InChI is InChI=1S/C31H45N3O2/c1-8-11-19-33(9-2)24-15-16-28-26(21-24)27(22-31(5,6)17-13-20-35)30(34(28)10-3)25-14-12-18-32-29(25)23(4)36-7/h12,14-16,18,20-21,23H,8-11,13,17,19,22H2,1-7H3. The van der Waals surface area contributed by atoms with Crippen molar-refractivity contribution < 1.29 is 9.53 Å². The molecule has 36 heavy (non-hydrogen) atoms. The van der Waals surface area contributed by atoms with Gasteiger partial charge in [0.05, 0.1) is 17.5 Å². The highest BCUT2D eigenvalue weighted by Gasteiger charge is 2.28. The number of carbonyl (C=O) groups excluding carboxylic acids is 1. The molecule has 0 saturated carbocycles. The number of hydrogen-bond donors (Lipinski definition) is 0. The van der Waals surface area contributed by atoms with Crippen LogP contribution in [0.1, 0.15) is 84.6 Å². The topological polar surface area (TPSA) is 47.4 Å². The summed E-state index contributed by atoms with van der Waals surface area (Å²) in [4.78, 5) is 18.5. The highest BCUT2D eigenvalue weighted by atomic mass is 16.5. The van der Waals surface area contributed by atoms with Gasteiger partial charge in [-0.3, -0.25) is 4.98 Å². The average Bonchev–Trinajstić information content (AvgIpc) is 3.19. The van der Waals surface area contributed by atoms with Gasteiger partial charge in [0, 0.05) is 61.5 Å². The van der Waals surface area contributed by atoms with Gasteiger partial charge in [-0.15, -0.1) is 0 Å². The van der Waals surface area contributed by atoms with Crippen LogP contribution in [0.25, 0.3) is 22.2 Å². The molecule has 3 rings (SSSR count). The molecule has 0 aliphatic rings. The Bertz CT molecular complexity index is 1150. The molecule has 2 aromatic heterocycles. The van der Waals surface area contributed by atoms with Gasteiger partial charge in [-0.25, -0.2) is 0 Å². The van der Waals surface area contributed by atoms with Crippen molar-refractivity contribution in [2.75, 3.05) is 25.1 Å². The molecule has 5 nitrogen and oxygen atoms in total. The van der Waals surface area contributed by atoms with Gasteiger partial charge >= 0.3 is 0 Å². The Balaban J connectivity index is 2.31. The second-order valence-electron chi connectivity index (χ2n) is 10.6. The molecule has 0 bridgehead atoms. The molecule has 2 heterocycles. The third-order valence-corrected chi connectivity index (χ3v) is 7.42. The number of rotatable bonds is 14. The van der Waals surface area contributed by atoms with Gasteiger partial charge in [-0.1, -0.05) is 27.2 Å². The number of methoxy groups -OCH3 is 1. The molecule has 0 aliphatic heterocycles. The predicted octanol–water partition coefficient (Wildman–Crippen LogP) is 7.60. The largest absolute Gasteiger partial charge is 0.375 e. The normalized spacial score (nSPS) is 12.8. The summed E-state index contributed by atoms with van der Waals surface area (Å²) in [5.41, 5.74) is 7.18. The van der Waals surface area contributed by atoms with E-state index in [0.717, 1.165) is 50.0 Å². The monoisotopic (exact) mass is 491 g/mol. The van der Waals surface area contributed by atoms with Crippen molar-refractivity contribution in [3.8, 4) is 11.3 Å². The Morgan fingerprint density at radius 2 is 1.97 bits per heavy atom. The fraction of sp³-hybridized carbons (Fsp3) is 0.548. The molecule has 196 valence electrons.